The van der Waals surface area contributed by atoms with E-state index in [0.29, 0.717) is 9.52 Å². The van der Waals surface area contributed by atoms with Gasteiger partial charge in [0.25, 0.3) is 0 Å². The quantitative estimate of drug-likeness (QED) is 0.515. The minimum atomic E-state index is -3.95. The molecule has 0 aromatic carbocycles. The third-order valence-electron chi connectivity index (χ3n) is 0.533. The van der Waals surface area contributed by atoms with Gasteiger partial charge in [0.1, 0.15) is 0 Å². The molecule has 0 saturated heterocycles. The first-order chi connectivity index (χ1) is 4.47. The monoisotopic (exact) mass is 300 g/mol. The Balaban J connectivity index is -0.000000140. The molecule has 0 spiro atoms. The molecule has 0 amide bonds. The summed E-state index contributed by atoms with van der Waals surface area (Å²) in [5.41, 5.74) is 0. The zero-order valence-electron chi connectivity index (χ0n) is 7.16. The molecular formula is C6H16F3ISi. The number of hydrogen-bond acceptors (Lipinski definition) is 0. The van der Waals surface area contributed by atoms with E-state index in [0.717, 1.165) is 0 Å². The van der Waals surface area contributed by atoms with Gasteiger partial charge in [-0.2, -0.15) is 13.2 Å². The molecule has 0 aromatic heterocycles. The van der Waals surface area contributed by atoms with E-state index < -0.39 is 12.6 Å². The van der Waals surface area contributed by atoms with E-state index in [1.807, 2.05) is 0 Å². The van der Waals surface area contributed by atoms with E-state index in [1.54, 1.807) is 0 Å². The Morgan fingerprint density at radius 3 is 1.45 bits per heavy atom. The van der Waals surface area contributed by atoms with Crippen LogP contribution in [0.3, 0.4) is 0 Å². The molecule has 5 heteroatoms. The van der Waals surface area contributed by atoms with E-state index in [9.17, 15) is 13.2 Å². The van der Waals surface area contributed by atoms with Crippen LogP contribution >= 0.6 is 24.0 Å². The molecule has 0 aliphatic heterocycles. The summed E-state index contributed by atoms with van der Waals surface area (Å²) in [6.45, 7) is 6.04. The average molecular weight is 300 g/mol. The van der Waals surface area contributed by atoms with Crippen LogP contribution in [0.5, 0.6) is 0 Å². The van der Waals surface area contributed by atoms with Crippen LogP contribution in [0.25, 0.3) is 0 Å². The average Bonchev–Trinajstić information content (AvgIpc) is 1.63. The van der Waals surface area contributed by atoms with Crippen LogP contribution in [-0.2, 0) is 0 Å². The van der Waals surface area contributed by atoms with Crippen molar-refractivity contribution in [3.63, 3.8) is 0 Å². The van der Waals surface area contributed by atoms with E-state index in [1.165, 1.54) is 6.92 Å². The zero-order chi connectivity index (χ0) is 8.62. The second kappa shape index (κ2) is 10.7. The lowest BCUT2D eigenvalue weighted by Gasteiger charge is -2.00. The number of alkyl halides is 3. The van der Waals surface area contributed by atoms with Gasteiger partial charge in [-0.1, -0.05) is 20.0 Å². The lowest BCUT2D eigenvalue weighted by Crippen LogP contribution is -2.04. The zero-order valence-corrected chi connectivity index (χ0v) is 10.9. The first-order valence-corrected chi connectivity index (χ1v) is 6.37. The maximum absolute atomic E-state index is 11.1. The summed E-state index contributed by atoms with van der Waals surface area (Å²) in [5.74, 6) is 0. The summed E-state index contributed by atoms with van der Waals surface area (Å²) in [4.78, 5) is 0. The van der Waals surface area contributed by atoms with Gasteiger partial charge in [-0.15, -0.1) is 24.0 Å². The third-order valence-corrected chi connectivity index (χ3v) is 0.533. The topological polar surface area (TPSA) is 0 Å². The van der Waals surface area contributed by atoms with Crippen molar-refractivity contribution in [3.8, 4) is 0 Å². The van der Waals surface area contributed by atoms with Gasteiger partial charge in [-0.25, -0.2) is 0 Å². The molecule has 0 heterocycles. The van der Waals surface area contributed by atoms with Gasteiger partial charge in [0.2, 0.25) is 0 Å². The Kier molecular flexibility index (Phi) is 17.3. The first kappa shape index (κ1) is 17.7. The Labute approximate surface area is 85.8 Å². The predicted octanol–water partition coefficient (Wildman–Crippen LogP) is 3.22. The van der Waals surface area contributed by atoms with Gasteiger partial charge < -0.3 is 0 Å². The molecular weight excluding hydrogens is 284 g/mol. The molecule has 0 rings (SSSR count). The van der Waals surface area contributed by atoms with Crippen LogP contribution in [-0.4, -0.2) is 15.7 Å². The van der Waals surface area contributed by atoms with Crippen molar-refractivity contribution in [2.45, 2.75) is 39.0 Å². The highest BCUT2D eigenvalue weighted by Gasteiger charge is 2.24. The Morgan fingerprint density at radius 2 is 1.45 bits per heavy atom. The smallest absolute Gasteiger partial charge is 0.171 e. The van der Waals surface area contributed by atoms with Crippen molar-refractivity contribution >= 4 is 33.5 Å². The normalized spacial score (nSPS) is 9.27. The Morgan fingerprint density at radius 1 is 1.18 bits per heavy atom. The van der Waals surface area contributed by atoms with Gasteiger partial charge in [0.15, 0.2) is 0 Å². The van der Waals surface area contributed by atoms with Crippen LogP contribution < -0.4 is 0 Å². The lowest BCUT2D eigenvalue weighted by molar-refractivity contribution is -0.134. The maximum atomic E-state index is 11.1. The van der Waals surface area contributed by atoms with Crippen LogP contribution in [0.15, 0.2) is 0 Å². The molecule has 11 heavy (non-hydrogen) atoms. The fraction of sp³-hybridized carbons (Fsp3) is 1.00. The Hall–Kier alpha value is 0.737. The molecule has 0 fully saturated rings. The molecule has 72 valence electrons. The van der Waals surface area contributed by atoms with Gasteiger partial charge in [0.05, 0.1) is 0 Å². The van der Waals surface area contributed by atoms with Gasteiger partial charge in [-0.05, 0) is 6.42 Å². The van der Waals surface area contributed by atoms with Gasteiger partial charge >= 0.3 is 6.18 Å². The summed E-state index contributed by atoms with van der Waals surface area (Å²) in [5, 5.41) is 0. The molecule has 0 unspecified atom stereocenters. The first-order valence-electron chi connectivity index (χ1n) is 3.54. The second-order valence-electron chi connectivity index (χ2n) is 2.07. The van der Waals surface area contributed by atoms with E-state index >= 15 is 0 Å². The molecule has 0 aromatic rings. The van der Waals surface area contributed by atoms with Crippen LogP contribution in [0.2, 0.25) is 13.1 Å². The number of rotatable bonds is 1. The highest BCUT2D eigenvalue weighted by atomic mass is 127. The largest absolute Gasteiger partial charge is 0.389 e. The Bertz CT molecular complexity index is 65.3. The van der Waals surface area contributed by atoms with Gasteiger partial charge in [-0.3, -0.25) is 0 Å². The molecule has 0 radical (unpaired) electrons. The summed E-state index contributed by atoms with van der Waals surface area (Å²) >= 11 is 0. The third kappa shape index (κ3) is 36.5. The molecule has 0 nitrogen and oxygen atoms in total. The summed E-state index contributed by atoms with van der Waals surface area (Å²) in [6.07, 6.45) is -4.43. The molecule has 0 N–H and O–H groups in total. The van der Waals surface area contributed by atoms with Crippen molar-refractivity contribution in [3.05, 3.63) is 0 Å². The van der Waals surface area contributed by atoms with Crippen molar-refractivity contribution in [1.82, 2.24) is 0 Å². The minimum absolute atomic E-state index is 0. The van der Waals surface area contributed by atoms with E-state index in [2.05, 4.69) is 13.1 Å². The highest BCUT2D eigenvalue weighted by Crippen LogP contribution is 2.20. The van der Waals surface area contributed by atoms with Crippen LogP contribution in [0.4, 0.5) is 13.2 Å². The standard InChI is InChI=1S/C4H7F3.C2H8Si.HI/c1-2-3-4(5,6)7;1-3-2;/h2-3H2,1H3;3H2,1-2H3;1H. The van der Waals surface area contributed by atoms with Crippen molar-refractivity contribution in [2.24, 2.45) is 0 Å². The van der Waals surface area contributed by atoms with E-state index in [-0.39, 0.29) is 30.4 Å². The molecule has 0 atom stereocenters. The molecule has 0 aliphatic carbocycles. The van der Waals surface area contributed by atoms with E-state index in [4.69, 9.17) is 0 Å². The van der Waals surface area contributed by atoms with Crippen LogP contribution in [0, 0.1) is 0 Å². The molecule has 0 saturated carbocycles. The summed E-state index contributed by atoms with van der Waals surface area (Å²) < 4.78 is 33.2. The fourth-order valence-corrected chi connectivity index (χ4v) is 0.283. The van der Waals surface area contributed by atoms with Gasteiger partial charge in [0, 0.05) is 15.9 Å². The minimum Gasteiger partial charge on any atom is -0.171 e. The lowest BCUT2D eigenvalue weighted by atomic mass is 10.3. The number of halogens is 4. The van der Waals surface area contributed by atoms with Crippen molar-refractivity contribution in [1.29, 1.82) is 0 Å². The van der Waals surface area contributed by atoms with Crippen molar-refractivity contribution < 1.29 is 13.2 Å². The number of hydrogen-bond donors (Lipinski definition) is 0. The maximum Gasteiger partial charge on any atom is 0.389 e. The fourth-order valence-electron chi connectivity index (χ4n) is 0.283. The summed E-state index contributed by atoms with van der Waals surface area (Å²) in [7, 11) is 0.417. The predicted molar refractivity (Wildman–Crippen MR) is 56.7 cm³/mol. The SMILES string of the molecule is CCCC(F)(F)F.C[SiH2]C.I. The molecule has 0 aliphatic rings. The second-order valence-corrected chi connectivity index (χ2v) is 3.49. The molecule has 0 bridgehead atoms. The highest BCUT2D eigenvalue weighted by molar-refractivity contribution is 14.0. The van der Waals surface area contributed by atoms with Crippen LogP contribution in [0.1, 0.15) is 19.8 Å². The summed E-state index contributed by atoms with van der Waals surface area (Å²) in [6, 6.07) is 0. The van der Waals surface area contributed by atoms with Crippen molar-refractivity contribution in [2.75, 3.05) is 0 Å².